The van der Waals surface area contributed by atoms with Crippen LogP contribution >= 0.6 is 0 Å². The van der Waals surface area contributed by atoms with Crippen molar-refractivity contribution in [2.45, 2.75) is 6.18 Å². The summed E-state index contributed by atoms with van der Waals surface area (Å²) in [5, 5.41) is 23.3. The number of amides is 1. The predicted molar refractivity (Wildman–Crippen MR) is 116 cm³/mol. The highest BCUT2D eigenvalue weighted by molar-refractivity contribution is 6.05. The number of aromatic nitrogens is 7. The molecule has 0 fully saturated rings. The fraction of sp³-hybridized carbons (Fsp3) is 0.0455. The van der Waals surface area contributed by atoms with Gasteiger partial charge in [-0.05, 0) is 12.1 Å². The molecule has 1 N–H and O–H groups in total. The number of pyridine rings is 2. The third kappa shape index (κ3) is 3.88. The molecule has 5 aromatic rings. The van der Waals surface area contributed by atoms with Crippen molar-refractivity contribution < 1.29 is 22.4 Å². The molecule has 14 heteroatoms. The largest absolute Gasteiger partial charge is 0.434 e. The summed E-state index contributed by atoms with van der Waals surface area (Å²) >= 11 is 0. The maximum Gasteiger partial charge on any atom is 0.434 e. The first kappa shape index (κ1) is 22.6. The maximum atomic E-state index is 14.1. The minimum atomic E-state index is -5.01. The van der Waals surface area contributed by atoms with E-state index in [0.29, 0.717) is 4.68 Å². The molecule has 36 heavy (non-hydrogen) atoms. The van der Waals surface area contributed by atoms with E-state index in [9.17, 15) is 27.6 Å². The Morgan fingerprint density at radius 1 is 1.00 bits per heavy atom. The Morgan fingerprint density at radius 2 is 1.72 bits per heavy atom. The topological polar surface area (TPSA) is 127 Å². The summed E-state index contributed by atoms with van der Waals surface area (Å²) < 4.78 is 57.0. The number of anilines is 1. The molecule has 5 rings (SSSR count). The van der Waals surface area contributed by atoms with Gasteiger partial charge in [0.1, 0.15) is 11.6 Å². The van der Waals surface area contributed by atoms with Crippen LogP contribution in [-0.2, 0) is 6.18 Å². The molecule has 0 aliphatic rings. The van der Waals surface area contributed by atoms with E-state index in [1.165, 1.54) is 42.7 Å². The molecule has 0 saturated heterocycles. The number of benzene rings is 1. The van der Waals surface area contributed by atoms with Crippen molar-refractivity contribution in [1.29, 1.82) is 5.26 Å². The van der Waals surface area contributed by atoms with Crippen LogP contribution in [0.1, 0.15) is 21.6 Å². The van der Waals surface area contributed by atoms with Gasteiger partial charge in [0, 0.05) is 10.8 Å². The van der Waals surface area contributed by atoms with Crippen molar-refractivity contribution in [3.8, 4) is 17.6 Å². The number of nitriles is 1. The van der Waals surface area contributed by atoms with Gasteiger partial charge < -0.3 is 5.32 Å². The van der Waals surface area contributed by atoms with Crippen LogP contribution in [0.4, 0.5) is 23.2 Å². The standard InChI is InChI=1S/C22H11F4N9O/c23-19-15-4-2-1-3-14(15)17(11-28-19)34-18(22(24,25)26)16(10-32-34)21(36)33-13-7-12(8-27)20(29-9-13)35-30-5-6-31-35/h1-7,9-11H,(H,33,36). The SMILES string of the molecule is N#Cc1cc(NC(=O)c2cnn(-c3cnc(F)c4ccccc34)c2C(F)(F)F)cnc1-n1nccn1. The third-order valence-electron chi connectivity index (χ3n) is 5.09. The second-order valence-electron chi connectivity index (χ2n) is 7.28. The molecule has 0 aliphatic heterocycles. The molecule has 1 amide bonds. The zero-order valence-electron chi connectivity index (χ0n) is 17.8. The maximum absolute atomic E-state index is 14.1. The van der Waals surface area contributed by atoms with E-state index in [1.807, 2.05) is 6.07 Å². The van der Waals surface area contributed by atoms with Crippen molar-refractivity contribution in [3.05, 3.63) is 84.1 Å². The van der Waals surface area contributed by atoms with E-state index in [2.05, 4.69) is 30.6 Å². The lowest BCUT2D eigenvalue weighted by atomic mass is 10.1. The van der Waals surface area contributed by atoms with Gasteiger partial charge in [0.15, 0.2) is 11.5 Å². The Balaban J connectivity index is 1.55. The van der Waals surface area contributed by atoms with Gasteiger partial charge in [-0.25, -0.2) is 14.6 Å². The molecule has 178 valence electrons. The van der Waals surface area contributed by atoms with Crippen LogP contribution in [0.2, 0.25) is 0 Å². The molecule has 0 unspecified atom stereocenters. The lowest BCUT2D eigenvalue weighted by Gasteiger charge is -2.14. The van der Waals surface area contributed by atoms with Gasteiger partial charge in [-0.2, -0.15) is 38.1 Å². The monoisotopic (exact) mass is 493 g/mol. The Bertz CT molecular complexity index is 1650. The van der Waals surface area contributed by atoms with Crippen molar-refractivity contribution in [2.24, 2.45) is 0 Å². The molecule has 0 aliphatic carbocycles. The minimum absolute atomic E-state index is 0.00788. The molecule has 1 aromatic carbocycles. The van der Waals surface area contributed by atoms with E-state index in [4.69, 9.17) is 0 Å². The highest BCUT2D eigenvalue weighted by atomic mass is 19.4. The number of rotatable bonds is 4. The number of carbonyl (C=O) groups excluding carboxylic acids is 1. The molecule has 10 nitrogen and oxygen atoms in total. The second kappa shape index (κ2) is 8.55. The summed E-state index contributed by atoms with van der Waals surface area (Å²) in [7, 11) is 0. The highest BCUT2D eigenvalue weighted by Gasteiger charge is 2.41. The number of halogens is 4. The average Bonchev–Trinajstić information content (AvgIpc) is 3.55. The summed E-state index contributed by atoms with van der Waals surface area (Å²) in [6.45, 7) is 0. The average molecular weight is 493 g/mol. The van der Waals surface area contributed by atoms with Gasteiger partial charge in [-0.15, -0.1) is 4.80 Å². The van der Waals surface area contributed by atoms with Crippen LogP contribution in [0, 0.1) is 17.3 Å². The summed E-state index contributed by atoms with van der Waals surface area (Å²) in [4.78, 5) is 21.5. The van der Waals surface area contributed by atoms with Gasteiger partial charge in [-0.3, -0.25) is 4.79 Å². The van der Waals surface area contributed by atoms with Crippen LogP contribution in [0.15, 0.2) is 61.3 Å². The van der Waals surface area contributed by atoms with Crippen LogP contribution in [0.3, 0.4) is 0 Å². The quantitative estimate of drug-likeness (QED) is 0.299. The zero-order chi connectivity index (χ0) is 25.4. The molecule has 4 heterocycles. The van der Waals surface area contributed by atoms with E-state index in [1.54, 1.807) is 0 Å². The van der Waals surface area contributed by atoms with Crippen molar-refractivity contribution >= 4 is 22.4 Å². The van der Waals surface area contributed by atoms with Crippen molar-refractivity contribution in [3.63, 3.8) is 0 Å². The molecular weight excluding hydrogens is 482 g/mol. The number of nitrogens with one attached hydrogen (secondary N) is 1. The first-order chi connectivity index (χ1) is 17.3. The first-order valence-electron chi connectivity index (χ1n) is 10.0. The fourth-order valence-corrected chi connectivity index (χ4v) is 3.57. The van der Waals surface area contributed by atoms with E-state index in [0.717, 1.165) is 23.4 Å². The first-order valence-corrected chi connectivity index (χ1v) is 10.0. The number of hydrogen-bond donors (Lipinski definition) is 1. The van der Waals surface area contributed by atoms with E-state index < -0.39 is 29.3 Å². The highest BCUT2D eigenvalue weighted by Crippen LogP contribution is 2.35. The van der Waals surface area contributed by atoms with Gasteiger partial charge in [0.2, 0.25) is 5.95 Å². The smallest absolute Gasteiger partial charge is 0.320 e. The molecule has 0 spiro atoms. The fourth-order valence-electron chi connectivity index (χ4n) is 3.57. The van der Waals surface area contributed by atoms with Crippen molar-refractivity contribution in [1.82, 2.24) is 34.7 Å². The van der Waals surface area contributed by atoms with E-state index in [-0.39, 0.29) is 33.5 Å². The molecule has 0 bridgehead atoms. The van der Waals surface area contributed by atoms with E-state index >= 15 is 0 Å². The van der Waals surface area contributed by atoms with Crippen LogP contribution < -0.4 is 5.32 Å². The lowest BCUT2D eigenvalue weighted by molar-refractivity contribution is -0.143. The molecular formula is C22H11F4N9O. The summed E-state index contributed by atoms with van der Waals surface area (Å²) in [5.74, 6) is -1.94. The number of hydrogen-bond acceptors (Lipinski definition) is 7. The van der Waals surface area contributed by atoms with Crippen LogP contribution in [-0.4, -0.2) is 40.6 Å². The lowest BCUT2D eigenvalue weighted by Crippen LogP contribution is -2.21. The van der Waals surface area contributed by atoms with Gasteiger partial charge in [0.25, 0.3) is 5.91 Å². The van der Waals surface area contributed by atoms with Crippen LogP contribution in [0.25, 0.3) is 22.3 Å². The molecule has 4 aromatic heterocycles. The van der Waals surface area contributed by atoms with Gasteiger partial charge in [-0.1, -0.05) is 18.2 Å². The Hall–Kier alpha value is -5.19. The summed E-state index contributed by atoms with van der Waals surface area (Å²) in [6, 6.07) is 8.92. The predicted octanol–water partition coefficient (Wildman–Crippen LogP) is 3.68. The zero-order valence-corrected chi connectivity index (χ0v) is 17.8. The van der Waals surface area contributed by atoms with Crippen LogP contribution in [0.5, 0.6) is 0 Å². The number of fused-ring (bicyclic) bond motifs is 1. The van der Waals surface area contributed by atoms with Crippen molar-refractivity contribution in [2.75, 3.05) is 5.32 Å². The van der Waals surface area contributed by atoms with Gasteiger partial charge >= 0.3 is 6.18 Å². The Morgan fingerprint density at radius 3 is 2.42 bits per heavy atom. The molecule has 0 radical (unpaired) electrons. The minimum Gasteiger partial charge on any atom is -0.320 e. The van der Waals surface area contributed by atoms with Gasteiger partial charge in [0.05, 0.1) is 47.9 Å². The summed E-state index contributed by atoms with van der Waals surface area (Å²) in [6.07, 6.45) is 0.532. The Labute approximate surface area is 198 Å². The summed E-state index contributed by atoms with van der Waals surface area (Å²) in [5.41, 5.74) is -2.42. The number of carbonyl (C=O) groups is 1. The number of alkyl halides is 3. The molecule has 0 saturated carbocycles. The Kier molecular flexibility index (Phi) is 5.36. The molecule has 0 atom stereocenters. The second-order valence-corrected chi connectivity index (χ2v) is 7.28. The normalized spacial score (nSPS) is 11.4. The number of nitrogens with zero attached hydrogens (tertiary/aromatic N) is 8. The third-order valence-corrected chi connectivity index (χ3v) is 5.09.